The van der Waals surface area contributed by atoms with E-state index < -0.39 is 0 Å². The number of aromatic nitrogens is 3. The van der Waals surface area contributed by atoms with Crippen molar-refractivity contribution in [1.29, 1.82) is 0 Å². The lowest BCUT2D eigenvalue weighted by Gasteiger charge is -2.44. The van der Waals surface area contributed by atoms with E-state index in [2.05, 4.69) is 33.0 Å². The molecule has 0 radical (unpaired) electrons. The highest BCUT2D eigenvalue weighted by Gasteiger charge is 2.34. The van der Waals surface area contributed by atoms with Crippen molar-refractivity contribution < 1.29 is 0 Å². The molecule has 2 aliphatic heterocycles. The standard InChI is InChI=1S/C17H23N5S/c1-2-13(14-10-23-9-8-22(14)7-1)19-17-12-5-6-18-16(12)20-15(21-17)11-3-4-11/h5-6,11,13-14H,1-4,7-10H2,(H2,18,19,20,21). The van der Waals surface area contributed by atoms with E-state index in [0.717, 1.165) is 22.7 Å². The molecule has 0 bridgehead atoms. The molecular formula is C17H23N5S. The van der Waals surface area contributed by atoms with E-state index in [1.54, 1.807) is 0 Å². The number of hydrogen-bond acceptors (Lipinski definition) is 5. The Morgan fingerprint density at radius 1 is 1.22 bits per heavy atom. The number of piperidine rings is 1. The topological polar surface area (TPSA) is 56.8 Å². The Kier molecular flexibility index (Phi) is 3.48. The van der Waals surface area contributed by atoms with E-state index >= 15 is 0 Å². The summed E-state index contributed by atoms with van der Waals surface area (Å²) in [5, 5.41) is 4.94. The summed E-state index contributed by atoms with van der Waals surface area (Å²) >= 11 is 2.10. The number of thioether (sulfide) groups is 1. The average Bonchev–Trinajstić information content (AvgIpc) is 3.33. The minimum atomic E-state index is 0.511. The fraction of sp³-hybridized carbons (Fsp3) is 0.647. The Labute approximate surface area is 140 Å². The molecule has 2 aromatic heterocycles. The molecule has 122 valence electrons. The summed E-state index contributed by atoms with van der Waals surface area (Å²) in [4.78, 5) is 15.6. The van der Waals surface area contributed by atoms with Crippen LogP contribution in [0.2, 0.25) is 0 Å². The maximum atomic E-state index is 4.90. The quantitative estimate of drug-likeness (QED) is 0.907. The molecule has 6 heteroatoms. The van der Waals surface area contributed by atoms with Crippen molar-refractivity contribution in [2.75, 3.05) is 29.9 Å². The predicted octanol–water partition coefficient (Wildman–Crippen LogP) is 2.83. The zero-order valence-corrected chi connectivity index (χ0v) is 14.1. The Balaban J connectivity index is 1.46. The molecule has 23 heavy (non-hydrogen) atoms. The average molecular weight is 329 g/mol. The SMILES string of the molecule is c1cc2c(NC3CCCN4CCSCC34)nc(C3CC3)nc2[nH]1. The first-order chi connectivity index (χ1) is 11.4. The van der Waals surface area contributed by atoms with Gasteiger partial charge in [0.15, 0.2) is 0 Å². The number of aromatic amines is 1. The molecule has 3 aliphatic rings. The molecule has 2 saturated heterocycles. The number of nitrogens with one attached hydrogen (secondary N) is 2. The van der Waals surface area contributed by atoms with Crippen molar-refractivity contribution in [1.82, 2.24) is 19.9 Å². The number of rotatable bonds is 3. The molecular weight excluding hydrogens is 306 g/mol. The van der Waals surface area contributed by atoms with Gasteiger partial charge in [-0.15, -0.1) is 0 Å². The van der Waals surface area contributed by atoms with Gasteiger partial charge in [-0.25, -0.2) is 9.97 Å². The van der Waals surface area contributed by atoms with Crippen LogP contribution < -0.4 is 5.32 Å². The van der Waals surface area contributed by atoms with E-state index in [1.165, 1.54) is 50.3 Å². The van der Waals surface area contributed by atoms with Crippen LogP contribution in [-0.2, 0) is 0 Å². The molecule has 2 atom stereocenters. The molecule has 2 aromatic rings. The van der Waals surface area contributed by atoms with Crippen LogP contribution >= 0.6 is 11.8 Å². The Bertz CT molecular complexity index is 708. The highest BCUT2D eigenvalue weighted by Crippen LogP contribution is 2.39. The minimum absolute atomic E-state index is 0.511. The molecule has 1 saturated carbocycles. The molecule has 5 rings (SSSR count). The summed E-state index contributed by atoms with van der Waals surface area (Å²) < 4.78 is 0. The molecule has 5 nitrogen and oxygen atoms in total. The van der Waals surface area contributed by atoms with Crippen molar-refractivity contribution in [3.63, 3.8) is 0 Å². The third-order valence-electron chi connectivity index (χ3n) is 5.40. The van der Waals surface area contributed by atoms with Crippen molar-refractivity contribution in [2.45, 2.75) is 43.7 Å². The number of anilines is 1. The number of nitrogens with zero attached hydrogens (tertiary/aromatic N) is 3. The lowest BCUT2D eigenvalue weighted by atomic mass is 9.97. The van der Waals surface area contributed by atoms with Gasteiger partial charge in [-0.1, -0.05) is 0 Å². The highest BCUT2D eigenvalue weighted by molar-refractivity contribution is 7.99. The zero-order valence-electron chi connectivity index (χ0n) is 13.3. The van der Waals surface area contributed by atoms with Crippen LogP contribution in [-0.4, -0.2) is 56.5 Å². The summed E-state index contributed by atoms with van der Waals surface area (Å²) in [7, 11) is 0. The lowest BCUT2D eigenvalue weighted by molar-refractivity contribution is 0.155. The Morgan fingerprint density at radius 2 is 2.17 bits per heavy atom. The number of hydrogen-bond donors (Lipinski definition) is 2. The maximum Gasteiger partial charge on any atom is 0.143 e. The van der Waals surface area contributed by atoms with Crippen LogP contribution in [0.1, 0.15) is 37.4 Å². The summed E-state index contributed by atoms with van der Waals surface area (Å²) in [6.45, 7) is 2.50. The summed E-state index contributed by atoms with van der Waals surface area (Å²) in [6, 6.07) is 3.26. The second-order valence-corrected chi connectivity index (χ2v) is 8.17. The monoisotopic (exact) mass is 329 g/mol. The molecule has 3 fully saturated rings. The van der Waals surface area contributed by atoms with Gasteiger partial charge in [0, 0.05) is 42.2 Å². The summed E-state index contributed by atoms with van der Waals surface area (Å²) in [5.74, 6) is 5.17. The molecule has 4 heterocycles. The third kappa shape index (κ3) is 2.62. The molecule has 0 amide bonds. The van der Waals surface area contributed by atoms with E-state index in [4.69, 9.17) is 9.97 Å². The molecule has 1 aliphatic carbocycles. The maximum absolute atomic E-state index is 4.90. The lowest BCUT2D eigenvalue weighted by Crippen LogP contribution is -2.55. The van der Waals surface area contributed by atoms with Crippen molar-refractivity contribution in [3.8, 4) is 0 Å². The van der Waals surface area contributed by atoms with Crippen LogP contribution in [0.15, 0.2) is 12.3 Å². The van der Waals surface area contributed by atoms with E-state index in [-0.39, 0.29) is 0 Å². The normalized spacial score (nSPS) is 28.7. The predicted molar refractivity (Wildman–Crippen MR) is 95.2 cm³/mol. The second-order valence-electron chi connectivity index (χ2n) is 7.02. The zero-order chi connectivity index (χ0) is 15.2. The van der Waals surface area contributed by atoms with Gasteiger partial charge in [0.2, 0.25) is 0 Å². The fourth-order valence-electron chi connectivity index (χ4n) is 3.95. The van der Waals surface area contributed by atoms with E-state index in [0.29, 0.717) is 18.0 Å². The minimum Gasteiger partial charge on any atom is -0.365 e. The molecule has 0 aromatic carbocycles. The van der Waals surface area contributed by atoms with E-state index in [9.17, 15) is 0 Å². The smallest absolute Gasteiger partial charge is 0.143 e. The van der Waals surface area contributed by atoms with Gasteiger partial charge in [-0.3, -0.25) is 4.90 Å². The van der Waals surface area contributed by atoms with Gasteiger partial charge in [0.05, 0.1) is 5.39 Å². The summed E-state index contributed by atoms with van der Waals surface area (Å²) in [5.41, 5.74) is 0.982. The fourth-order valence-corrected chi connectivity index (χ4v) is 5.16. The second kappa shape index (κ2) is 5.67. The van der Waals surface area contributed by atoms with Crippen molar-refractivity contribution in [3.05, 3.63) is 18.1 Å². The van der Waals surface area contributed by atoms with Crippen LogP contribution in [0, 0.1) is 0 Å². The highest BCUT2D eigenvalue weighted by atomic mass is 32.2. The Hall–Kier alpha value is -1.27. The Morgan fingerprint density at radius 3 is 3.09 bits per heavy atom. The van der Waals surface area contributed by atoms with Crippen molar-refractivity contribution in [2.24, 2.45) is 0 Å². The largest absolute Gasteiger partial charge is 0.365 e. The number of H-pyrrole nitrogens is 1. The molecule has 0 spiro atoms. The first-order valence-corrected chi connectivity index (χ1v) is 9.97. The molecule has 2 N–H and O–H groups in total. The van der Waals surface area contributed by atoms with Crippen LogP contribution in [0.3, 0.4) is 0 Å². The van der Waals surface area contributed by atoms with Crippen LogP contribution in [0.4, 0.5) is 5.82 Å². The third-order valence-corrected chi connectivity index (χ3v) is 6.45. The van der Waals surface area contributed by atoms with Gasteiger partial charge < -0.3 is 10.3 Å². The van der Waals surface area contributed by atoms with Gasteiger partial charge in [-0.05, 0) is 38.3 Å². The number of fused-ring (bicyclic) bond motifs is 2. The molecule has 2 unspecified atom stereocenters. The van der Waals surface area contributed by atoms with Gasteiger partial charge in [0.25, 0.3) is 0 Å². The van der Waals surface area contributed by atoms with Crippen LogP contribution in [0.5, 0.6) is 0 Å². The van der Waals surface area contributed by atoms with Gasteiger partial charge >= 0.3 is 0 Å². The van der Waals surface area contributed by atoms with E-state index in [1.807, 2.05) is 6.20 Å². The van der Waals surface area contributed by atoms with Gasteiger partial charge in [-0.2, -0.15) is 11.8 Å². The van der Waals surface area contributed by atoms with Crippen molar-refractivity contribution >= 4 is 28.6 Å². The van der Waals surface area contributed by atoms with Gasteiger partial charge in [0.1, 0.15) is 17.3 Å². The first-order valence-electron chi connectivity index (χ1n) is 8.82. The summed E-state index contributed by atoms with van der Waals surface area (Å²) in [6.07, 6.45) is 6.99. The first kappa shape index (κ1) is 14.1. The van der Waals surface area contributed by atoms with Crippen LogP contribution in [0.25, 0.3) is 11.0 Å².